The lowest BCUT2D eigenvalue weighted by molar-refractivity contribution is -0.177. The molecule has 25 heavy (non-hydrogen) atoms. The van der Waals surface area contributed by atoms with Crippen molar-refractivity contribution < 1.29 is 28.5 Å². The van der Waals surface area contributed by atoms with Crippen molar-refractivity contribution >= 4 is 11.9 Å². The normalized spacial score (nSPS) is 13.8. The summed E-state index contributed by atoms with van der Waals surface area (Å²) in [6, 6.07) is 0. The van der Waals surface area contributed by atoms with E-state index in [1.54, 1.807) is 19.9 Å². The summed E-state index contributed by atoms with van der Waals surface area (Å²) in [6.07, 6.45) is 2.79. The first-order valence-corrected chi connectivity index (χ1v) is 9.09. The number of carbonyl (C=O) groups is 2. The minimum atomic E-state index is -1.36. The molecule has 0 amide bonds. The average molecular weight is 358 g/mol. The molecule has 0 aromatic rings. The fourth-order valence-electron chi connectivity index (χ4n) is 2.77. The van der Waals surface area contributed by atoms with Gasteiger partial charge < -0.3 is 18.9 Å². The van der Waals surface area contributed by atoms with Crippen LogP contribution in [0.4, 0.5) is 0 Å². The number of allylic oxidation sites excluding steroid dienone is 1. The van der Waals surface area contributed by atoms with Crippen LogP contribution in [0.5, 0.6) is 0 Å². The van der Waals surface area contributed by atoms with E-state index in [0.717, 1.165) is 0 Å². The molecule has 0 N–H and O–H groups in total. The number of esters is 2. The van der Waals surface area contributed by atoms with Crippen molar-refractivity contribution in [2.24, 2.45) is 11.3 Å². The first kappa shape index (κ1) is 23.6. The maximum absolute atomic E-state index is 12.6. The molecule has 0 aromatic carbocycles. The molecule has 0 saturated heterocycles. The van der Waals surface area contributed by atoms with Crippen molar-refractivity contribution in [1.82, 2.24) is 0 Å². The van der Waals surface area contributed by atoms with E-state index in [9.17, 15) is 9.59 Å². The molecule has 0 rings (SSSR count). The largest absolute Gasteiger partial charge is 0.465 e. The highest BCUT2D eigenvalue weighted by Crippen LogP contribution is 2.38. The van der Waals surface area contributed by atoms with Crippen LogP contribution < -0.4 is 0 Å². The van der Waals surface area contributed by atoms with Crippen molar-refractivity contribution in [3.05, 3.63) is 12.7 Å². The molecule has 0 bridgehead atoms. The molecule has 0 radical (unpaired) electrons. The third-order valence-corrected chi connectivity index (χ3v) is 4.12. The quantitative estimate of drug-likeness (QED) is 0.156. The Morgan fingerprint density at radius 3 is 2.00 bits per heavy atom. The van der Waals surface area contributed by atoms with E-state index in [1.165, 1.54) is 0 Å². The minimum absolute atomic E-state index is 0.183. The summed E-state index contributed by atoms with van der Waals surface area (Å²) in [5, 5.41) is 0. The van der Waals surface area contributed by atoms with Gasteiger partial charge in [0.25, 0.3) is 0 Å². The summed E-state index contributed by atoms with van der Waals surface area (Å²) in [5.41, 5.74) is -1.36. The molecule has 0 fully saturated rings. The standard InChI is InChI=1S/C19H34O6/c1-7-13-19(17(20)23-9-3,18(21)24-10-4)15(5)12-11-14-25-16(6)22-8-2/h7,15-16H,1,8-14H2,2-6H3. The lowest BCUT2D eigenvalue weighted by Crippen LogP contribution is -2.47. The zero-order valence-electron chi connectivity index (χ0n) is 16.3. The topological polar surface area (TPSA) is 71.1 Å². The summed E-state index contributed by atoms with van der Waals surface area (Å²) in [7, 11) is 0. The van der Waals surface area contributed by atoms with Crippen LogP contribution in [0.1, 0.15) is 53.9 Å². The summed E-state index contributed by atoms with van der Waals surface area (Å²) in [5.74, 6) is -1.37. The Morgan fingerprint density at radius 2 is 1.56 bits per heavy atom. The Hall–Kier alpha value is -1.40. The number of hydrogen-bond acceptors (Lipinski definition) is 6. The van der Waals surface area contributed by atoms with E-state index in [0.29, 0.717) is 26.1 Å². The fraction of sp³-hybridized carbons (Fsp3) is 0.789. The third-order valence-electron chi connectivity index (χ3n) is 4.12. The maximum atomic E-state index is 12.6. The second kappa shape index (κ2) is 12.9. The first-order chi connectivity index (χ1) is 11.9. The SMILES string of the molecule is C=CCC(C(=O)OCC)(C(=O)OCC)C(C)CCCOC(C)OCC. The summed E-state index contributed by atoms with van der Waals surface area (Å²) < 4.78 is 21.2. The summed E-state index contributed by atoms with van der Waals surface area (Å²) in [4.78, 5) is 25.2. The average Bonchev–Trinajstić information content (AvgIpc) is 2.56. The second-order valence-corrected chi connectivity index (χ2v) is 5.84. The monoisotopic (exact) mass is 358 g/mol. The summed E-state index contributed by atoms with van der Waals surface area (Å²) >= 11 is 0. The highest BCUT2D eigenvalue weighted by atomic mass is 16.7. The second-order valence-electron chi connectivity index (χ2n) is 5.84. The molecule has 0 saturated carbocycles. The van der Waals surface area contributed by atoms with Gasteiger partial charge >= 0.3 is 11.9 Å². The highest BCUT2D eigenvalue weighted by molar-refractivity contribution is 6.00. The van der Waals surface area contributed by atoms with Gasteiger partial charge in [0.1, 0.15) is 0 Å². The maximum Gasteiger partial charge on any atom is 0.324 e. The van der Waals surface area contributed by atoms with E-state index in [1.807, 2.05) is 20.8 Å². The molecular formula is C19H34O6. The van der Waals surface area contributed by atoms with E-state index in [4.69, 9.17) is 18.9 Å². The molecular weight excluding hydrogens is 324 g/mol. The van der Waals surface area contributed by atoms with Crippen LogP contribution in [-0.4, -0.2) is 44.7 Å². The molecule has 6 nitrogen and oxygen atoms in total. The van der Waals surface area contributed by atoms with Crippen LogP contribution in [0.15, 0.2) is 12.7 Å². The van der Waals surface area contributed by atoms with Crippen molar-refractivity contribution in [2.75, 3.05) is 26.4 Å². The van der Waals surface area contributed by atoms with Gasteiger partial charge in [0.2, 0.25) is 0 Å². The predicted octanol–water partition coefficient (Wildman–Crippen LogP) is 3.49. The van der Waals surface area contributed by atoms with Crippen LogP contribution >= 0.6 is 0 Å². The molecule has 6 heteroatoms. The van der Waals surface area contributed by atoms with Gasteiger partial charge in [-0.25, -0.2) is 0 Å². The van der Waals surface area contributed by atoms with Gasteiger partial charge in [0.05, 0.1) is 13.2 Å². The Kier molecular flexibility index (Phi) is 12.2. The van der Waals surface area contributed by atoms with Crippen molar-refractivity contribution in [3.63, 3.8) is 0 Å². The van der Waals surface area contributed by atoms with Gasteiger partial charge in [0.15, 0.2) is 11.7 Å². The van der Waals surface area contributed by atoms with Gasteiger partial charge in [-0.2, -0.15) is 0 Å². The zero-order valence-corrected chi connectivity index (χ0v) is 16.3. The molecule has 0 aliphatic heterocycles. The number of carbonyl (C=O) groups excluding carboxylic acids is 2. The molecule has 0 aliphatic carbocycles. The Balaban J connectivity index is 5.06. The zero-order chi connectivity index (χ0) is 19.3. The smallest absolute Gasteiger partial charge is 0.324 e. The lowest BCUT2D eigenvalue weighted by Gasteiger charge is -2.33. The highest BCUT2D eigenvalue weighted by Gasteiger charge is 2.51. The van der Waals surface area contributed by atoms with Gasteiger partial charge in [-0.05, 0) is 52.9 Å². The van der Waals surface area contributed by atoms with E-state index < -0.39 is 17.4 Å². The van der Waals surface area contributed by atoms with Crippen LogP contribution in [-0.2, 0) is 28.5 Å². The Labute approximate surface area is 151 Å². The van der Waals surface area contributed by atoms with Crippen LogP contribution in [0.2, 0.25) is 0 Å². The molecule has 2 unspecified atom stereocenters. The van der Waals surface area contributed by atoms with Crippen LogP contribution in [0.3, 0.4) is 0 Å². The van der Waals surface area contributed by atoms with Crippen molar-refractivity contribution in [2.45, 2.75) is 60.2 Å². The van der Waals surface area contributed by atoms with Crippen molar-refractivity contribution in [3.8, 4) is 0 Å². The molecule has 146 valence electrons. The lowest BCUT2D eigenvalue weighted by atomic mass is 9.71. The first-order valence-electron chi connectivity index (χ1n) is 9.09. The predicted molar refractivity (Wildman–Crippen MR) is 96.0 cm³/mol. The molecule has 0 heterocycles. The van der Waals surface area contributed by atoms with Gasteiger partial charge in [-0.15, -0.1) is 6.58 Å². The minimum Gasteiger partial charge on any atom is -0.465 e. The molecule has 0 aromatic heterocycles. The Morgan fingerprint density at radius 1 is 1.00 bits per heavy atom. The van der Waals surface area contributed by atoms with E-state index in [2.05, 4.69) is 6.58 Å². The summed E-state index contributed by atoms with van der Waals surface area (Å²) in [6.45, 7) is 14.2. The van der Waals surface area contributed by atoms with Gasteiger partial charge in [-0.3, -0.25) is 9.59 Å². The molecule has 0 aliphatic rings. The third kappa shape index (κ3) is 7.16. The number of ether oxygens (including phenoxy) is 4. The van der Waals surface area contributed by atoms with Gasteiger partial charge in [-0.1, -0.05) is 13.0 Å². The fourth-order valence-corrected chi connectivity index (χ4v) is 2.77. The van der Waals surface area contributed by atoms with E-state index in [-0.39, 0.29) is 31.8 Å². The number of hydrogen-bond donors (Lipinski definition) is 0. The van der Waals surface area contributed by atoms with Crippen LogP contribution in [0, 0.1) is 11.3 Å². The van der Waals surface area contributed by atoms with E-state index >= 15 is 0 Å². The van der Waals surface area contributed by atoms with Gasteiger partial charge in [0, 0.05) is 13.2 Å². The van der Waals surface area contributed by atoms with Crippen LogP contribution in [0.25, 0.3) is 0 Å². The molecule has 2 atom stereocenters. The molecule has 0 spiro atoms. The number of rotatable bonds is 14. The van der Waals surface area contributed by atoms with Crippen molar-refractivity contribution in [1.29, 1.82) is 0 Å². The Bertz CT molecular complexity index is 389.